The highest BCUT2D eigenvalue weighted by molar-refractivity contribution is 5.60. The van der Waals surface area contributed by atoms with Gasteiger partial charge in [-0.05, 0) is 31.0 Å². The molecule has 1 aromatic heterocycles. The second-order valence-electron chi connectivity index (χ2n) is 5.38. The summed E-state index contributed by atoms with van der Waals surface area (Å²) in [6, 6.07) is 5.95. The maximum Gasteiger partial charge on any atom is 0.126 e. The monoisotopic (exact) mass is 259 g/mol. The molecule has 2 atom stereocenters. The zero-order valence-electron chi connectivity index (χ0n) is 11.2. The number of halogens is 1. The van der Waals surface area contributed by atoms with Gasteiger partial charge in [0.2, 0.25) is 0 Å². The van der Waals surface area contributed by atoms with Crippen molar-refractivity contribution in [3.05, 3.63) is 41.3 Å². The van der Waals surface area contributed by atoms with Crippen molar-refractivity contribution in [1.82, 2.24) is 9.55 Å². The Kier molecular flexibility index (Phi) is 2.90. The van der Waals surface area contributed by atoms with Crippen LogP contribution in [-0.4, -0.2) is 15.7 Å². The van der Waals surface area contributed by atoms with Gasteiger partial charge in [-0.1, -0.05) is 12.1 Å². The Labute approximate surface area is 112 Å². The molecule has 19 heavy (non-hydrogen) atoms. The predicted molar refractivity (Wildman–Crippen MR) is 73.6 cm³/mol. The molecule has 0 saturated heterocycles. The first kappa shape index (κ1) is 12.4. The van der Waals surface area contributed by atoms with E-state index in [1.54, 1.807) is 0 Å². The van der Waals surface area contributed by atoms with Crippen molar-refractivity contribution in [3.63, 3.8) is 0 Å². The van der Waals surface area contributed by atoms with Gasteiger partial charge in [0, 0.05) is 18.2 Å². The van der Waals surface area contributed by atoms with Crippen molar-refractivity contribution in [2.75, 3.05) is 0 Å². The number of nitrogens with two attached hydrogens (primary N) is 1. The van der Waals surface area contributed by atoms with Crippen LogP contribution in [0.4, 0.5) is 4.39 Å². The first-order valence-electron chi connectivity index (χ1n) is 6.59. The molecule has 0 spiro atoms. The lowest BCUT2D eigenvalue weighted by Crippen LogP contribution is -2.29. The Bertz CT molecular complexity index is 618. The summed E-state index contributed by atoms with van der Waals surface area (Å²) in [6.07, 6.45) is 1.40. The third-order valence-corrected chi connectivity index (χ3v) is 3.85. The molecule has 1 aliphatic rings. The molecule has 0 bridgehead atoms. The molecule has 2 N–H and O–H groups in total. The van der Waals surface area contributed by atoms with Crippen LogP contribution in [0.2, 0.25) is 0 Å². The fraction of sp³-hybridized carbons (Fsp3) is 0.400. The van der Waals surface area contributed by atoms with Gasteiger partial charge in [0.1, 0.15) is 12.0 Å². The first-order valence-corrected chi connectivity index (χ1v) is 6.59. The predicted octanol–water partition coefficient (Wildman–Crippen LogP) is 2.91. The average Bonchev–Trinajstić information content (AvgIpc) is 2.76. The highest BCUT2D eigenvalue weighted by Gasteiger charge is 2.26. The fourth-order valence-electron chi connectivity index (χ4n) is 2.58. The van der Waals surface area contributed by atoms with Gasteiger partial charge < -0.3 is 10.3 Å². The Morgan fingerprint density at radius 1 is 1.32 bits per heavy atom. The fourth-order valence-corrected chi connectivity index (χ4v) is 2.58. The Hall–Kier alpha value is -1.68. The lowest BCUT2D eigenvalue weighted by Gasteiger charge is -2.22. The molecule has 1 aliphatic heterocycles. The van der Waals surface area contributed by atoms with E-state index in [9.17, 15) is 4.39 Å². The summed E-state index contributed by atoms with van der Waals surface area (Å²) >= 11 is 0. The molecule has 4 heteroatoms. The van der Waals surface area contributed by atoms with E-state index in [2.05, 4.69) is 37.0 Å². The highest BCUT2D eigenvalue weighted by atomic mass is 19.1. The number of nitrogens with zero attached hydrogens (tertiary/aromatic N) is 2. The summed E-state index contributed by atoms with van der Waals surface area (Å²) in [6.45, 7) is 4.53. The number of aromatic nitrogens is 2. The van der Waals surface area contributed by atoms with E-state index in [0.717, 1.165) is 17.1 Å². The Morgan fingerprint density at radius 2 is 2.11 bits per heavy atom. The minimum absolute atomic E-state index is 0.302. The Morgan fingerprint density at radius 3 is 2.84 bits per heavy atom. The smallest absolute Gasteiger partial charge is 0.126 e. The minimum atomic E-state index is -0.871. The molecule has 0 amide bonds. The quantitative estimate of drug-likeness (QED) is 0.855. The first-order chi connectivity index (χ1) is 9.04. The highest BCUT2D eigenvalue weighted by Crippen LogP contribution is 2.28. The van der Waals surface area contributed by atoms with E-state index >= 15 is 0 Å². The van der Waals surface area contributed by atoms with Crippen molar-refractivity contribution < 1.29 is 4.39 Å². The largest absolute Gasteiger partial charge is 0.330 e. The van der Waals surface area contributed by atoms with E-state index < -0.39 is 6.17 Å². The van der Waals surface area contributed by atoms with Gasteiger partial charge >= 0.3 is 0 Å². The molecule has 100 valence electrons. The molecular formula is C15H18FN3. The number of hydrogen-bond acceptors (Lipinski definition) is 2. The van der Waals surface area contributed by atoms with Crippen LogP contribution in [0.3, 0.4) is 0 Å². The summed E-state index contributed by atoms with van der Waals surface area (Å²) in [7, 11) is 0. The van der Waals surface area contributed by atoms with Crippen LogP contribution < -0.4 is 5.73 Å². The minimum Gasteiger partial charge on any atom is -0.330 e. The maximum absolute atomic E-state index is 13.5. The van der Waals surface area contributed by atoms with Crippen LogP contribution >= 0.6 is 0 Å². The van der Waals surface area contributed by atoms with Crippen LogP contribution in [0.25, 0.3) is 11.3 Å². The van der Waals surface area contributed by atoms with Crippen molar-refractivity contribution in [1.29, 1.82) is 0 Å². The SMILES string of the molecule is Cc1ccc(-c2cn3c(n2)C(N)CC(F)C3)cc1C. The zero-order valence-corrected chi connectivity index (χ0v) is 11.2. The van der Waals surface area contributed by atoms with Crippen LogP contribution in [0.5, 0.6) is 0 Å². The van der Waals surface area contributed by atoms with Crippen LogP contribution in [0.1, 0.15) is 29.4 Å². The lowest BCUT2D eigenvalue weighted by molar-refractivity contribution is 0.230. The van der Waals surface area contributed by atoms with E-state index in [1.807, 2.05) is 10.8 Å². The second-order valence-corrected chi connectivity index (χ2v) is 5.38. The van der Waals surface area contributed by atoms with Gasteiger partial charge in [0.05, 0.1) is 18.3 Å². The normalized spacial score (nSPS) is 22.3. The topological polar surface area (TPSA) is 43.8 Å². The van der Waals surface area contributed by atoms with Crippen molar-refractivity contribution in [2.24, 2.45) is 5.73 Å². The van der Waals surface area contributed by atoms with Crippen molar-refractivity contribution in [2.45, 2.75) is 39.0 Å². The molecule has 1 aromatic carbocycles. The molecular weight excluding hydrogens is 241 g/mol. The second kappa shape index (κ2) is 4.46. The van der Waals surface area contributed by atoms with E-state index in [1.165, 1.54) is 11.1 Å². The molecule has 2 aromatic rings. The molecule has 2 unspecified atom stereocenters. The van der Waals surface area contributed by atoms with Crippen LogP contribution in [0.15, 0.2) is 24.4 Å². The Balaban J connectivity index is 2.03. The third kappa shape index (κ3) is 2.16. The van der Waals surface area contributed by atoms with Crippen LogP contribution in [-0.2, 0) is 6.54 Å². The summed E-state index contributed by atoms with van der Waals surface area (Å²) in [5, 5.41) is 0. The van der Waals surface area contributed by atoms with Crippen molar-refractivity contribution >= 4 is 0 Å². The maximum atomic E-state index is 13.5. The summed E-state index contributed by atoms with van der Waals surface area (Å²) in [5.74, 6) is 0.794. The summed E-state index contributed by atoms with van der Waals surface area (Å²) < 4.78 is 15.4. The van der Waals surface area contributed by atoms with Gasteiger partial charge in [0.15, 0.2) is 0 Å². The molecule has 0 saturated carbocycles. The van der Waals surface area contributed by atoms with Gasteiger partial charge in [-0.2, -0.15) is 0 Å². The molecule has 3 nitrogen and oxygen atoms in total. The van der Waals surface area contributed by atoms with Gasteiger partial charge in [-0.15, -0.1) is 0 Å². The number of aryl methyl sites for hydroxylation is 2. The van der Waals surface area contributed by atoms with Gasteiger partial charge in [0.25, 0.3) is 0 Å². The lowest BCUT2D eigenvalue weighted by atomic mass is 10.0. The average molecular weight is 259 g/mol. The van der Waals surface area contributed by atoms with Gasteiger partial charge in [-0.3, -0.25) is 0 Å². The molecule has 2 heterocycles. The molecule has 3 rings (SSSR count). The summed E-state index contributed by atoms with van der Waals surface area (Å²) in [4.78, 5) is 4.58. The molecule has 0 aliphatic carbocycles. The number of hydrogen-bond donors (Lipinski definition) is 1. The summed E-state index contributed by atoms with van der Waals surface area (Å²) in [5.41, 5.74) is 10.4. The number of imidazole rings is 1. The van der Waals surface area contributed by atoms with Crippen molar-refractivity contribution in [3.8, 4) is 11.3 Å². The van der Waals surface area contributed by atoms with E-state index in [0.29, 0.717) is 13.0 Å². The van der Waals surface area contributed by atoms with E-state index in [4.69, 9.17) is 5.73 Å². The van der Waals surface area contributed by atoms with E-state index in [-0.39, 0.29) is 6.04 Å². The third-order valence-electron chi connectivity index (χ3n) is 3.85. The number of alkyl halides is 1. The standard InChI is InChI=1S/C15H18FN3/c1-9-3-4-11(5-10(9)2)14-8-19-7-12(16)6-13(17)15(19)18-14/h3-5,8,12-13H,6-7,17H2,1-2H3. The zero-order chi connectivity index (χ0) is 13.6. The van der Waals surface area contributed by atoms with Crippen LogP contribution in [0, 0.1) is 13.8 Å². The van der Waals surface area contributed by atoms with Gasteiger partial charge in [-0.25, -0.2) is 9.37 Å². The number of benzene rings is 1. The number of fused-ring (bicyclic) bond motifs is 1. The number of rotatable bonds is 1. The molecule has 0 radical (unpaired) electrons. The molecule has 0 fully saturated rings.